The van der Waals surface area contributed by atoms with Crippen molar-refractivity contribution in [1.82, 2.24) is 5.32 Å². The Morgan fingerprint density at radius 2 is 1.71 bits per heavy atom. The number of nitrogens with zero attached hydrogens (tertiary/aromatic N) is 1. The minimum absolute atomic E-state index is 0.117. The van der Waals surface area contributed by atoms with E-state index in [0.29, 0.717) is 36.6 Å². The minimum Gasteiger partial charge on any atom is -0.382 e. The van der Waals surface area contributed by atoms with Crippen LogP contribution in [0.4, 0.5) is 11.4 Å². The number of hydrogen-bond donors (Lipinski definition) is 2. The second kappa shape index (κ2) is 13.8. The van der Waals surface area contributed by atoms with E-state index in [1.807, 2.05) is 43.3 Å². The quantitative estimate of drug-likeness (QED) is 0.410. The van der Waals surface area contributed by atoms with E-state index in [-0.39, 0.29) is 11.8 Å². The van der Waals surface area contributed by atoms with E-state index in [1.54, 1.807) is 6.07 Å². The SMILES string of the molecule is CCCCc1ccc(C(=O)Nc2ccc(N3CCCCC3)c(C(=O)NCCCOCC)c2)cc1. The maximum atomic E-state index is 13.1. The van der Waals surface area contributed by atoms with Gasteiger partial charge in [-0.25, -0.2) is 0 Å². The average molecular weight is 466 g/mol. The van der Waals surface area contributed by atoms with Crippen LogP contribution in [0, 0.1) is 0 Å². The molecule has 0 unspecified atom stereocenters. The molecule has 1 heterocycles. The van der Waals surface area contributed by atoms with Crippen molar-refractivity contribution in [2.24, 2.45) is 0 Å². The Labute approximate surface area is 204 Å². The van der Waals surface area contributed by atoms with Gasteiger partial charge in [0.25, 0.3) is 11.8 Å². The molecule has 6 heteroatoms. The van der Waals surface area contributed by atoms with Gasteiger partial charge in [-0.15, -0.1) is 0 Å². The molecule has 2 aromatic rings. The van der Waals surface area contributed by atoms with Crippen molar-refractivity contribution in [3.63, 3.8) is 0 Å². The molecule has 0 radical (unpaired) electrons. The van der Waals surface area contributed by atoms with Crippen molar-refractivity contribution in [3.05, 3.63) is 59.2 Å². The van der Waals surface area contributed by atoms with Gasteiger partial charge in [0, 0.05) is 49.8 Å². The number of piperidine rings is 1. The number of benzene rings is 2. The van der Waals surface area contributed by atoms with Crippen LogP contribution in [-0.2, 0) is 11.2 Å². The third-order valence-corrected chi connectivity index (χ3v) is 6.19. The molecule has 0 bridgehead atoms. The van der Waals surface area contributed by atoms with Gasteiger partial charge < -0.3 is 20.3 Å². The predicted molar refractivity (Wildman–Crippen MR) is 139 cm³/mol. The highest BCUT2D eigenvalue weighted by molar-refractivity contribution is 6.06. The Kier molecular flexibility index (Phi) is 10.4. The molecule has 1 saturated heterocycles. The van der Waals surface area contributed by atoms with Gasteiger partial charge in [-0.05, 0) is 81.3 Å². The van der Waals surface area contributed by atoms with Crippen molar-refractivity contribution < 1.29 is 14.3 Å². The summed E-state index contributed by atoms with van der Waals surface area (Å²) in [6.07, 6.45) is 7.57. The van der Waals surface area contributed by atoms with Gasteiger partial charge in [0.2, 0.25) is 0 Å². The fourth-order valence-corrected chi connectivity index (χ4v) is 4.23. The average Bonchev–Trinajstić information content (AvgIpc) is 2.88. The lowest BCUT2D eigenvalue weighted by Crippen LogP contribution is -2.33. The molecule has 0 aromatic heterocycles. The van der Waals surface area contributed by atoms with Crippen LogP contribution >= 0.6 is 0 Å². The largest absolute Gasteiger partial charge is 0.382 e. The highest BCUT2D eigenvalue weighted by Gasteiger charge is 2.20. The fourth-order valence-electron chi connectivity index (χ4n) is 4.23. The number of ether oxygens (including phenoxy) is 1. The summed E-state index contributed by atoms with van der Waals surface area (Å²) in [4.78, 5) is 28.2. The molecule has 1 fully saturated rings. The molecular weight excluding hydrogens is 426 g/mol. The topological polar surface area (TPSA) is 70.7 Å². The van der Waals surface area contributed by atoms with E-state index in [0.717, 1.165) is 57.3 Å². The summed E-state index contributed by atoms with van der Waals surface area (Å²) in [5.41, 5.74) is 4.02. The Morgan fingerprint density at radius 3 is 2.41 bits per heavy atom. The van der Waals surface area contributed by atoms with Crippen LogP contribution in [-0.4, -0.2) is 44.7 Å². The lowest BCUT2D eigenvalue weighted by atomic mass is 10.0. The maximum Gasteiger partial charge on any atom is 0.255 e. The number of anilines is 2. The van der Waals surface area contributed by atoms with Crippen LogP contribution in [0.5, 0.6) is 0 Å². The minimum atomic E-state index is -0.171. The standard InChI is InChI=1S/C28H39N3O3/c1-3-5-10-22-11-13-23(14-12-22)27(32)30-24-15-16-26(31-18-7-6-8-19-31)25(21-24)28(33)29-17-9-20-34-4-2/h11-16,21H,3-10,17-20H2,1-2H3,(H,29,33)(H,30,32). The van der Waals surface area contributed by atoms with Crippen LogP contribution in [0.1, 0.15) is 78.7 Å². The smallest absolute Gasteiger partial charge is 0.255 e. The van der Waals surface area contributed by atoms with Gasteiger partial charge in [-0.2, -0.15) is 0 Å². The molecule has 0 atom stereocenters. The summed E-state index contributed by atoms with van der Waals surface area (Å²) < 4.78 is 5.36. The molecule has 0 spiro atoms. The third kappa shape index (κ3) is 7.59. The highest BCUT2D eigenvalue weighted by atomic mass is 16.5. The summed E-state index contributed by atoms with van der Waals surface area (Å²) >= 11 is 0. The summed E-state index contributed by atoms with van der Waals surface area (Å²) in [7, 11) is 0. The van der Waals surface area contributed by atoms with Gasteiger partial charge >= 0.3 is 0 Å². The monoisotopic (exact) mass is 465 g/mol. The number of nitrogens with one attached hydrogen (secondary N) is 2. The number of aryl methyl sites for hydroxylation is 1. The first kappa shape index (κ1) is 25.8. The number of amides is 2. The molecule has 0 saturated carbocycles. The van der Waals surface area contributed by atoms with Crippen molar-refractivity contribution in [3.8, 4) is 0 Å². The molecule has 1 aliphatic heterocycles. The predicted octanol–water partition coefficient (Wildman–Crippen LogP) is 5.43. The zero-order chi connectivity index (χ0) is 24.2. The first-order valence-corrected chi connectivity index (χ1v) is 12.8. The Balaban J connectivity index is 1.72. The molecule has 6 nitrogen and oxygen atoms in total. The second-order valence-electron chi connectivity index (χ2n) is 8.84. The summed E-state index contributed by atoms with van der Waals surface area (Å²) in [6.45, 7) is 7.89. The lowest BCUT2D eigenvalue weighted by molar-refractivity contribution is 0.0943. The van der Waals surface area contributed by atoms with Crippen molar-refractivity contribution in [2.45, 2.75) is 58.8 Å². The Bertz CT molecular complexity index is 921. The van der Waals surface area contributed by atoms with E-state index < -0.39 is 0 Å². The number of unbranched alkanes of at least 4 members (excludes halogenated alkanes) is 1. The number of hydrogen-bond acceptors (Lipinski definition) is 4. The fraction of sp³-hybridized carbons (Fsp3) is 0.500. The number of rotatable bonds is 12. The summed E-state index contributed by atoms with van der Waals surface area (Å²) in [5, 5.41) is 5.99. The van der Waals surface area contributed by atoms with E-state index in [9.17, 15) is 9.59 Å². The van der Waals surface area contributed by atoms with Gasteiger partial charge in [0.1, 0.15) is 0 Å². The zero-order valence-corrected chi connectivity index (χ0v) is 20.7. The van der Waals surface area contributed by atoms with E-state index in [4.69, 9.17) is 4.74 Å². The lowest BCUT2D eigenvalue weighted by Gasteiger charge is -2.30. The molecule has 34 heavy (non-hydrogen) atoms. The number of carbonyl (C=O) groups is 2. The molecule has 3 rings (SSSR count). The van der Waals surface area contributed by atoms with Gasteiger partial charge in [-0.3, -0.25) is 9.59 Å². The maximum absolute atomic E-state index is 13.1. The second-order valence-corrected chi connectivity index (χ2v) is 8.84. The van der Waals surface area contributed by atoms with Gasteiger partial charge in [-0.1, -0.05) is 25.5 Å². The first-order chi connectivity index (χ1) is 16.6. The van der Waals surface area contributed by atoms with Crippen LogP contribution < -0.4 is 15.5 Å². The molecule has 1 aliphatic rings. The van der Waals surface area contributed by atoms with Gasteiger partial charge in [0.05, 0.1) is 5.56 Å². The van der Waals surface area contributed by atoms with Gasteiger partial charge in [0.15, 0.2) is 0 Å². The molecular formula is C28H39N3O3. The molecule has 184 valence electrons. The number of carbonyl (C=O) groups excluding carboxylic acids is 2. The van der Waals surface area contributed by atoms with E-state index in [1.165, 1.54) is 12.0 Å². The molecule has 2 amide bonds. The van der Waals surface area contributed by atoms with Crippen LogP contribution in [0.2, 0.25) is 0 Å². The molecule has 2 N–H and O–H groups in total. The third-order valence-electron chi connectivity index (χ3n) is 6.19. The molecule has 2 aromatic carbocycles. The summed E-state index contributed by atoms with van der Waals surface area (Å²) in [5.74, 6) is -0.288. The van der Waals surface area contributed by atoms with Crippen LogP contribution in [0.15, 0.2) is 42.5 Å². The Hall–Kier alpha value is -2.86. The highest BCUT2D eigenvalue weighted by Crippen LogP contribution is 2.27. The van der Waals surface area contributed by atoms with Crippen LogP contribution in [0.25, 0.3) is 0 Å². The zero-order valence-electron chi connectivity index (χ0n) is 20.7. The first-order valence-electron chi connectivity index (χ1n) is 12.8. The molecule has 0 aliphatic carbocycles. The van der Waals surface area contributed by atoms with E-state index in [2.05, 4.69) is 22.5 Å². The van der Waals surface area contributed by atoms with Crippen molar-refractivity contribution in [1.29, 1.82) is 0 Å². The van der Waals surface area contributed by atoms with E-state index >= 15 is 0 Å². The normalized spacial score (nSPS) is 13.5. The Morgan fingerprint density at radius 1 is 0.941 bits per heavy atom. The van der Waals surface area contributed by atoms with Crippen molar-refractivity contribution >= 4 is 23.2 Å². The van der Waals surface area contributed by atoms with Crippen LogP contribution in [0.3, 0.4) is 0 Å². The summed E-state index contributed by atoms with van der Waals surface area (Å²) in [6, 6.07) is 13.4. The van der Waals surface area contributed by atoms with Crippen molar-refractivity contribution in [2.75, 3.05) is 43.1 Å².